The number of carbonyl (C=O) groups is 1. The van der Waals surface area contributed by atoms with Crippen LogP contribution in [0.3, 0.4) is 0 Å². The molecule has 2 nitrogen and oxygen atoms in total. The number of alkyl halides is 3. The Bertz CT molecular complexity index is 565. The molecule has 0 saturated heterocycles. The van der Waals surface area contributed by atoms with Gasteiger partial charge in [0, 0.05) is 11.6 Å². The quantitative estimate of drug-likeness (QED) is 0.587. The van der Waals surface area contributed by atoms with Gasteiger partial charge in [0.25, 0.3) is 5.91 Å². The van der Waals surface area contributed by atoms with Crippen molar-refractivity contribution in [2.24, 2.45) is 5.92 Å². The highest BCUT2D eigenvalue weighted by Gasteiger charge is 2.31. The fourth-order valence-electron chi connectivity index (χ4n) is 3.20. The van der Waals surface area contributed by atoms with E-state index in [-0.39, 0.29) is 11.9 Å². The van der Waals surface area contributed by atoms with Crippen LogP contribution in [0.25, 0.3) is 0 Å². The van der Waals surface area contributed by atoms with Crippen LogP contribution in [-0.2, 0) is 6.18 Å². The van der Waals surface area contributed by atoms with Crippen molar-refractivity contribution in [3.8, 4) is 0 Å². The highest BCUT2D eigenvalue weighted by atomic mass is 19.4. The van der Waals surface area contributed by atoms with Gasteiger partial charge in [0.1, 0.15) is 0 Å². The van der Waals surface area contributed by atoms with Crippen LogP contribution in [0.4, 0.5) is 13.2 Å². The third-order valence-electron chi connectivity index (χ3n) is 4.93. The van der Waals surface area contributed by atoms with Crippen molar-refractivity contribution >= 4 is 5.91 Å². The number of hydrogen-bond donors (Lipinski definition) is 1. The summed E-state index contributed by atoms with van der Waals surface area (Å²) in [5, 5.41) is 2.92. The van der Waals surface area contributed by atoms with Crippen LogP contribution in [0, 0.1) is 12.8 Å². The number of amides is 1. The summed E-state index contributed by atoms with van der Waals surface area (Å²) in [6, 6.07) is 3.37. The SMILES string of the molecule is CCCCCC.Cc1cc(C(F)(F)F)ccc1C(=O)NC1CCCC1C. The third-order valence-corrected chi connectivity index (χ3v) is 4.93. The molecule has 1 aromatic carbocycles. The Morgan fingerprint density at radius 3 is 2.19 bits per heavy atom. The van der Waals surface area contributed by atoms with Crippen LogP contribution >= 0.6 is 0 Å². The smallest absolute Gasteiger partial charge is 0.349 e. The highest BCUT2D eigenvalue weighted by Crippen LogP contribution is 2.31. The second-order valence-corrected chi connectivity index (χ2v) is 7.22. The van der Waals surface area contributed by atoms with Gasteiger partial charge < -0.3 is 5.32 Å². The largest absolute Gasteiger partial charge is 0.416 e. The first-order chi connectivity index (χ1) is 12.2. The lowest BCUT2D eigenvalue weighted by molar-refractivity contribution is -0.137. The van der Waals surface area contributed by atoms with Gasteiger partial charge in [-0.1, -0.05) is 52.9 Å². The first kappa shape index (κ1) is 22.5. The molecule has 148 valence electrons. The summed E-state index contributed by atoms with van der Waals surface area (Å²) in [5.41, 5.74) is -0.0548. The molecule has 1 saturated carbocycles. The molecule has 1 amide bonds. The molecule has 1 fully saturated rings. The predicted molar refractivity (Wildman–Crippen MR) is 100 cm³/mol. The van der Waals surface area contributed by atoms with E-state index < -0.39 is 11.7 Å². The Hall–Kier alpha value is -1.52. The van der Waals surface area contributed by atoms with Crippen molar-refractivity contribution in [1.82, 2.24) is 5.32 Å². The molecular weight excluding hydrogens is 339 g/mol. The highest BCUT2D eigenvalue weighted by molar-refractivity contribution is 5.95. The van der Waals surface area contributed by atoms with Gasteiger partial charge in [-0.05, 0) is 49.4 Å². The molecule has 1 aliphatic carbocycles. The first-order valence-electron chi connectivity index (χ1n) is 9.69. The molecule has 0 aromatic heterocycles. The maximum atomic E-state index is 12.6. The lowest BCUT2D eigenvalue weighted by Gasteiger charge is -2.18. The van der Waals surface area contributed by atoms with Crippen molar-refractivity contribution in [3.05, 3.63) is 34.9 Å². The van der Waals surface area contributed by atoms with Crippen LogP contribution in [0.5, 0.6) is 0 Å². The minimum atomic E-state index is -4.38. The summed E-state index contributed by atoms with van der Waals surface area (Å²) in [4.78, 5) is 12.1. The van der Waals surface area contributed by atoms with Gasteiger partial charge in [0.15, 0.2) is 0 Å². The van der Waals surface area contributed by atoms with Crippen LogP contribution in [-0.4, -0.2) is 11.9 Å². The van der Waals surface area contributed by atoms with Gasteiger partial charge in [-0.3, -0.25) is 4.79 Å². The van der Waals surface area contributed by atoms with E-state index in [0.717, 1.165) is 31.4 Å². The van der Waals surface area contributed by atoms with E-state index in [9.17, 15) is 18.0 Å². The van der Waals surface area contributed by atoms with E-state index in [2.05, 4.69) is 26.1 Å². The predicted octanol–water partition coefficient (Wildman–Crippen LogP) is 6.52. The average Bonchev–Trinajstić information content (AvgIpc) is 2.97. The molecule has 0 aliphatic heterocycles. The molecule has 5 heteroatoms. The molecule has 0 spiro atoms. The van der Waals surface area contributed by atoms with Gasteiger partial charge in [-0.15, -0.1) is 0 Å². The molecule has 2 unspecified atom stereocenters. The average molecular weight is 371 g/mol. The van der Waals surface area contributed by atoms with Crippen molar-refractivity contribution in [2.45, 2.75) is 84.9 Å². The number of rotatable bonds is 5. The summed E-state index contributed by atoms with van der Waals surface area (Å²) in [7, 11) is 0. The molecule has 0 radical (unpaired) electrons. The molecule has 1 N–H and O–H groups in total. The molecule has 2 atom stereocenters. The molecule has 26 heavy (non-hydrogen) atoms. The van der Waals surface area contributed by atoms with E-state index in [4.69, 9.17) is 0 Å². The Labute approximate surface area is 155 Å². The van der Waals surface area contributed by atoms with Gasteiger partial charge in [-0.2, -0.15) is 13.2 Å². The van der Waals surface area contributed by atoms with Crippen LogP contribution in [0.1, 0.15) is 87.2 Å². The van der Waals surface area contributed by atoms with Gasteiger partial charge in [0.05, 0.1) is 5.56 Å². The van der Waals surface area contributed by atoms with Crippen molar-refractivity contribution in [3.63, 3.8) is 0 Å². The first-order valence-corrected chi connectivity index (χ1v) is 9.69. The summed E-state index contributed by atoms with van der Waals surface area (Å²) in [6.45, 7) is 8.07. The third kappa shape index (κ3) is 7.00. The monoisotopic (exact) mass is 371 g/mol. The van der Waals surface area contributed by atoms with E-state index in [0.29, 0.717) is 17.0 Å². The van der Waals surface area contributed by atoms with Crippen LogP contribution in [0.15, 0.2) is 18.2 Å². The number of hydrogen-bond acceptors (Lipinski definition) is 1. The zero-order valence-corrected chi connectivity index (χ0v) is 16.4. The van der Waals surface area contributed by atoms with Crippen molar-refractivity contribution in [2.75, 3.05) is 0 Å². The van der Waals surface area contributed by atoms with Gasteiger partial charge in [-0.25, -0.2) is 0 Å². The molecule has 0 bridgehead atoms. The van der Waals surface area contributed by atoms with Gasteiger partial charge in [0.2, 0.25) is 0 Å². The summed E-state index contributed by atoms with van der Waals surface area (Å²) in [6.07, 6.45) is 4.26. The summed E-state index contributed by atoms with van der Waals surface area (Å²) < 4.78 is 37.7. The molecule has 1 aromatic rings. The Balaban J connectivity index is 0.000000487. The normalized spacial score (nSPS) is 19.7. The van der Waals surface area contributed by atoms with E-state index in [1.54, 1.807) is 0 Å². The second-order valence-electron chi connectivity index (χ2n) is 7.22. The number of carbonyl (C=O) groups excluding carboxylic acids is 1. The van der Waals surface area contributed by atoms with E-state index >= 15 is 0 Å². The maximum Gasteiger partial charge on any atom is 0.416 e. The van der Waals surface area contributed by atoms with Gasteiger partial charge >= 0.3 is 6.18 Å². The lowest BCUT2D eigenvalue weighted by atomic mass is 10.0. The molecular formula is C21H32F3NO. The number of halogens is 3. The number of nitrogens with one attached hydrogen (secondary N) is 1. The fraction of sp³-hybridized carbons (Fsp3) is 0.667. The number of unbranched alkanes of at least 4 members (excludes halogenated alkanes) is 3. The fourth-order valence-corrected chi connectivity index (χ4v) is 3.20. The molecule has 2 rings (SSSR count). The minimum Gasteiger partial charge on any atom is -0.349 e. The zero-order valence-electron chi connectivity index (χ0n) is 16.4. The number of aryl methyl sites for hydroxylation is 1. The number of benzene rings is 1. The summed E-state index contributed by atoms with van der Waals surface area (Å²) >= 11 is 0. The van der Waals surface area contributed by atoms with Crippen LogP contribution in [0.2, 0.25) is 0 Å². The zero-order chi connectivity index (χ0) is 19.7. The second kappa shape index (κ2) is 10.6. The summed E-state index contributed by atoms with van der Waals surface area (Å²) in [5.74, 6) is 0.142. The van der Waals surface area contributed by atoms with E-state index in [1.807, 2.05) is 0 Å². The van der Waals surface area contributed by atoms with Crippen molar-refractivity contribution in [1.29, 1.82) is 0 Å². The minimum absolute atomic E-state index is 0.129. The Morgan fingerprint density at radius 1 is 1.15 bits per heavy atom. The van der Waals surface area contributed by atoms with Crippen molar-refractivity contribution < 1.29 is 18.0 Å². The Kier molecular flexibility index (Phi) is 9.17. The lowest BCUT2D eigenvalue weighted by Crippen LogP contribution is -2.36. The molecule has 1 aliphatic rings. The Morgan fingerprint density at radius 2 is 1.77 bits per heavy atom. The molecule has 0 heterocycles. The van der Waals surface area contributed by atoms with E-state index in [1.165, 1.54) is 38.7 Å². The maximum absolute atomic E-state index is 12.6. The standard InChI is InChI=1S/C15H18F3NO.C6H14/c1-9-4-3-5-13(9)19-14(20)12-7-6-11(8-10(12)2)15(16,17)18;1-3-5-6-4-2/h6-9,13H,3-5H2,1-2H3,(H,19,20);3-6H2,1-2H3. The van der Waals surface area contributed by atoms with Crippen LogP contribution < -0.4 is 5.32 Å². The topological polar surface area (TPSA) is 29.1 Å².